The second kappa shape index (κ2) is 6.53. The molecule has 1 aromatic heterocycles. The molecule has 6 heteroatoms. The number of aromatic amines is 1. The van der Waals surface area contributed by atoms with Crippen molar-refractivity contribution < 1.29 is 0 Å². The molecule has 0 atom stereocenters. The summed E-state index contributed by atoms with van der Waals surface area (Å²) in [5.74, 6) is 0.911. The topological polar surface area (TPSA) is 78.1 Å². The van der Waals surface area contributed by atoms with Crippen LogP contribution in [-0.4, -0.2) is 9.97 Å². The first-order chi connectivity index (χ1) is 10.8. The summed E-state index contributed by atoms with van der Waals surface area (Å²) in [6.45, 7) is 1.87. The first-order valence-electron chi connectivity index (χ1n) is 6.81. The van der Waals surface area contributed by atoms with Crippen molar-refractivity contribution in [2.75, 3.05) is 0 Å². The first kappa shape index (κ1) is 13.8. The highest BCUT2D eigenvalue weighted by Gasteiger charge is 2.05. The highest BCUT2D eigenvalue weighted by atomic mass is 15.3. The maximum Gasteiger partial charge on any atom is 0.249 e. The van der Waals surface area contributed by atoms with Crippen LogP contribution < -0.4 is 0 Å². The summed E-state index contributed by atoms with van der Waals surface area (Å²) in [6, 6.07) is 19.0. The van der Waals surface area contributed by atoms with Crippen LogP contribution in [0.3, 0.4) is 0 Å². The number of H-pyrrole nitrogens is 1. The van der Waals surface area contributed by atoms with E-state index in [1.807, 2.05) is 67.6 Å². The number of rotatable bonds is 4. The number of nitrogens with one attached hydrogen (secondary N) is 1. The zero-order chi connectivity index (χ0) is 15.2. The lowest BCUT2D eigenvalue weighted by molar-refractivity contribution is 1.11. The zero-order valence-corrected chi connectivity index (χ0v) is 12.0. The molecule has 0 bridgehead atoms. The zero-order valence-electron chi connectivity index (χ0n) is 12.0. The molecule has 2 aromatic carbocycles. The van der Waals surface area contributed by atoms with Crippen molar-refractivity contribution in [3.05, 3.63) is 66.4 Å². The maximum absolute atomic E-state index is 4.26. The van der Waals surface area contributed by atoms with Crippen LogP contribution in [-0.2, 0) is 0 Å². The lowest BCUT2D eigenvalue weighted by Gasteiger charge is -1.89. The average Bonchev–Trinajstić information content (AvgIpc) is 2.93. The minimum atomic E-state index is 0.406. The van der Waals surface area contributed by atoms with Crippen LogP contribution >= 0.6 is 0 Å². The molecule has 0 spiro atoms. The van der Waals surface area contributed by atoms with E-state index in [1.54, 1.807) is 0 Å². The van der Waals surface area contributed by atoms with Gasteiger partial charge in [0.2, 0.25) is 5.95 Å². The minimum Gasteiger partial charge on any atom is -0.323 e. The van der Waals surface area contributed by atoms with Gasteiger partial charge in [0.05, 0.1) is 17.1 Å². The molecule has 1 N–H and O–H groups in total. The summed E-state index contributed by atoms with van der Waals surface area (Å²) < 4.78 is 0. The molecule has 0 amide bonds. The van der Waals surface area contributed by atoms with Gasteiger partial charge in [-0.3, -0.25) is 0 Å². The smallest absolute Gasteiger partial charge is 0.249 e. The van der Waals surface area contributed by atoms with Crippen molar-refractivity contribution in [3.63, 3.8) is 0 Å². The SMILES string of the molecule is Cc1[nH]c(N=Nc2ccccc2)nc1N=Nc1ccccc1. The Kier molecular flexibility index (Phi) is 4.10. The molecule has 0 aliphatic rings. The molecule has 0 aliphatic heterocycles. The van der Waals surface area contributed by atoms with E-state index in [0.717, 1.165) is 17.1 Å². The molecule has 0 saturated heterocycles. The minimum absolute atomic E-state index is 0.406. The third kappa shape index (κ3) is 3.49. The van der Waals surface area contributed by atoms with Gasteiger partial charge in [-0.2, -0.15) is 4.98 Å². The van der Waals surface area contributed by atoms with Crippen molar-refractivity contribution >= 4 is 23.1 Å². The number of nitrogens with zero attached hydrogens (tertiary/aromatic N) is 5. The van der Waals surface area contributed by atoms with Gasteiger partial charge in [0, 0.05) is 0 Å². The third-order valence-corrected chi connectivity index (χ3v) is 2.88. The summed E-state index contributed by atoms with van der Waals surface area (Å²) in [4.78, 5) is 7.29. The number of azo groups is 2. The summed E-state index contributed by atoms with van der Waals surface area (Å²) in [5.41, 5.74) is 2.34. The Morgan fingerprint density at radius 2 is 1.27 bits per heavy atom. The van der Waals surface area contributed by atoms with E-state index in [2.05, 4.69) is 30.4 Å². The van der Waals surface area contributed by atoms with E-state index >= 15 is 0 Å². The second-order valence-electron chi connectivity index (χ2n) is 4.58. The molecule has 0 aliphatic carbocycles. The fourth-order valence-electron chi connectivity index (χ4n) is 1.78. The predicted molar refractivity (Wildman–Crippen MR) is 84.6 cm³/mol. The van der Waals surface area contributed by atoms with Crippen LogP contribution in [0.25, 0.3) is 0 Å². The van der Waals surface area contributed by atoms with E-state index in [1.165, 1.54) is 0 Å². The Morgan fingerprint density at radius 1 is 0.727 bits per heavy atom. The van der Waals surface area contributed by atoms with Gasteiger partial charge < -0.3 is 4.98 Å². The van der Waals surface area contributed by atoms with E-state index in [0.29, 0.717) is 11.8 Å². The Morgan fingerprint density at radius 3 is 1.86 bits per heavy atom. The van der Waals surface area contributed by atoms with E-state index in [4.69, 9.17) is 0 Å². The molecule has 6 nitrogen and oxygen atoms in total. The van der Waals surface area contributed by atoms with Crippen molar-refractivity contribution in [3.8, 4) is 0 Å². The summed E-state index contributed by atoms with van der Waals surface area (Å²) in [5, 5.41) is 16.4. The largest absolute Gasteiger partial charge is 0.323 e. The summed E-state index contributed by atoms with van der Waals surface area (Å²) >= 11 is 0. The number of aromatic nitrogens is 2. The van der Waals surface area contributed by atoms with Crippen LogP contribution in [0.2, 0.25) is 0 Å². The molecule has 0 fully saturated rings. The van der Waals surface area contributed by atoms with Gasteiger partial charge in [-0.15, -0.1) is 20.5 Å². The Balaban J connectivity index is 1.76. The van der Waals surface area contributed by atoms with Gasteiger partial charge in [0.15, 0.2) is 5.82 Å². The van der Waals surface area contributed by atoms with Gasteiger partial charge in [0.25, 0.3) is 0 Å². The number of aryl methyl sites for hydroxylation is 1. The molecule has 1 heterocycles. The quantitative estimate of drug-likeness (QED) is 0.628. The Bertz CT molecular complexity index is 790. The first-order valence-corrected chi connectivity index (χ1v) is 6.81. The van der Waals surface area contributed by atoms with Crippen molar-refractivity contribution in [1.29, 1.82) is 0 Å². The van der Waals surface area contributed by atoms with Crippen LogP contribution in [0.15, 0.2) is 81.1 Å². The number of benzene rings is 2. The van der Waals surface area contributed by atoms with Crippen LogP contribution in [0.5, 0.6) is 0 Å². The Hall–Kier alpha value is -3.15. The van der Waals surface area contributed by atoms with Crippen LogP contribution in [0, 0.1) is 6.92 Å². The molecule has 22 heavy (non-hydrogen) atoms. The molecular weight excluding hydrogens is 276 g/mol. The molecule has 0 radical (unpaired) electrons. The van der Waals surface area contributed by atoms with Crippen LogP contribution in [0.4, 0.5) is 23.1 Å². The van der Waals surface area contributed by atoms with Crippen molar-refractivity contribution in [2.24, 2.45) is 20.5 Å². The van der Waals surface area contributed by atoms with E-state index in [9.17, 15) is 0 Å². The van der Waals surface area contributed by atoms with Gasteiger partial charge in [-0.05, 0) is 31.2 Å². The number of imidazole rings is 1. The fraction of sp³-hybridized carbons (Fsp3) is 0.0625. The van der Waals surface area contributed by atoms with Gasteiger partial charge >= 0.3 is 0 Å². The molecular formula is C16H14N6. The highest BCUT2D eigenvalue weighted by molar-refractivity contribution is 5.42. The van der Waals surface area contributed by atoms with E-state index in [-0.39, 0.29) is 0 Å². The monoisotopic (exact) mass is 290 g/mol. The van der Waals surface area contributed by atoms with E-state index < -0.39 is 0 Å². The normalized spacial score (nSPS) is 11.5. The second-order valence-corrected chi connectivity index (χ2v) is 4.58. The van der Waals surface area contributed by atoms with Gasteiger partial charge in [-0.1, -0.05) is 36.4 Å². The maximum atomic E-state index is 4.26. The number of hydrogen-bond acceptors (Lipinski definition) is 5. The molecule has 108 valence electrons. The molecule has 0 saturated carbocycles. The van der Waals surface area contributed by atoms with Gasteiger partial charge in [0.1, 0.15) is 0 Å². The van der Waals surface area contributed by atoms with Crippen molar-refractivity contribution in [2.45, 2.75) is 6.92 Å². The molecule has 0 unspecified atom stereocenters. The third-order valence-electron chi connectivity index (χ3n) is 2.88. The van der Waals surface area contributed by atoms with Crippen molar-refractivity contribution in [1.82, 2.24) is 9.97 Å². The lowest BCUT2D eigenvalue weighted by atomic mass is 10.3. The Labute approximate surface area is 127 Å². The standard InChI is InChI=1S/C16H14N6/c1-12-15(21-19-13-8-4-2-5-9-13)18-16(17-12)22-20-14-10-6-3-7-11-14/h2-11H,1H3,(H,17,18). The average molecular weight is 290 g/mol. The fourth-order valence-corrected chi connectivity index (χ4v) is 1.78. The summed E-state index contributed by atoms with van der Waals surface area (Å²) in [7, 11) is 0. The predicted octanol–water partition coefficient (Wildman–Crippen LogP) is 5.55. The van der Waals surface area contributed by atoms with Crippen LogP contribution in [0.1, 0.15) is 5.69 Å². The molecule has 3 rings (SSSR count). The summed E-state index contributed by atoms with van der Waals surface area (Å²) in [6.07, 6.45) is 0. The van der Waals surface area contributed by atoms with Gasteiger partial charge in [-0.25, -0.2) is 0 Å². The molecule has 3 aromatic rings. The number of hydrogen-bond donors (Lipinski definition) is 1. The highest BCUT2D eigenvalue weighted by Crippen LogP contribution is 2.23. The lowest BCUT2D eigenvalue weighted by Crippen LogP contribution is -1.68.